The Kier molecular flexibility index (Phi) is 4.01. The average Bonchev–Trinajstić information content (AvgIpc) is 2.74. The van der Waals surface area contributed by atoms with Crippen molar-refractivity contribution >= 4 is 0 Å². The Hall–Kier alpha value is -2.08. The van der Waals surface area contributed by atoms with Crippen LogP contribution in [0.1, 0.15) is 30.8 Å². The van der Waals surface area contributed by atoms with Crippen molar-refractivity contribution in [1.29, 1.82) is 5.26 Å². The van der Waals surface area contributed by atoms with Crippen LogP contribution in [0, 0.1) is 23.1 Å². The van der Waals surface area contributed by atoms with Gasteiger partial charge in [0.2, 0.25) is 0 Å². The molecule has 0 aliphatic carbocycles. The van der Waals surface area contributed by atoms with Gasteiger partial charge in [0.05, 0.1) is 0 Å². The van der Waals surface area contributed by atoms with Gasteiger partial charge in [-0.25, -0.2) is 4.39 Å². The maximum absolute atomic E-state index is 12.9. The molecule has 19 heavy (non-hydrogen) atoms. The average molecular weight is 256 g/mol. The molecule has 0 aliphatic rings. The fraction of sp³-hybridized carbons (Fsp3) is 0.312. The first-order chi connectivity index (χ1) is 9.10. The van der Waals surface area contributed by atoms with Crippen LogP contribution in [0.3, 0.4) is 0 Å². The molecule has 1 heterocycles. The molecule has 2 nitrogen and oxygen atoms in total. The van der Waals surface area contributed by atoms with Crippen LogP contribution < -0.4 is 0 Å². The number of nitrogens with zero attached hydrogens (tertiary/aromatic N) is 2. The van der Waals surface area contributed by atoms with Crippen LogP contribution in [-0.4, -0.2) is 4.57 Å². The molecule has 0 bridgehead atoms. The van der Waals surface area contributed by atoms with Gasteiger partial charge >= 0.3 is 0 Å². The van der Waals surface area contributed by atoms with Crippen LogP contribution >= 0.6 is 0 Å². The third-order valence-electron chi connectivity index (χ3n) is 3.06. The van der Waals surface area contributed by atoms with Crippen LogP contribution in [0.25, 0.3) is 0 Å². The summed E-state index contributed by atoms with van der Waals surface area (Å²) in [5.41, 5.74) is 2.80. The molecule has 1 aromatic heterocycles. The second-order valence-electron chi connectivity index (χ2n) is 5.13. The van der Waals surface area contributed by atoms with E-state index in [2.05, 4.69) is 19.9 Å². The summed E-state index contributed by atoms with van der Waals surface area (Å²) in [4.78, 5) is 0. The summed E-state index contributed by atoms with van der Waals surface area (Å²) in [6, 6.07) is 12.5. The third-order valence-corrected chi connectivity index (χ3v) is 3.06. The van der Waals surface area contributed by atoms with Crippen molar-refractivity contribution in [1.82, 2.24) is 4.57 Å². The molecule has 0 saturated heterocycles. The summed E-state index contributed by atoms with van der Waals surface area (Å²) >= 11 is 0. The van der Waals surface area contributed by atoms with Gasteiger partial charge in [-0.05, 0) is 42.2 Å². The number of aromatic nitrogens is 1. The lowest BCUT2D eigenvalue weighted by Gasteiger charge is -2.12. The molecule has 0 radical (unpaired) electrons. The molecule has 0 amide bonds. The molecule has 0 atom stereocenters. The molecule has 3 heteroatoms. The van der Waals surface area contributed by atoms with E-state index in [1.807, 2.05) is 16.7 Å². The number of nitriles is 1. The molecule has 1 aromatic carbocycles. The van der Waals surface area contributed by atoms with Gasteiger partial charge in [0.25, 0.3) is 0 Å². The van der Waals surface area contributed by atoms with Gasteiger partial charge in [-0.1, -0.05) is 26.0 Å². The van der Waals surface area contributed by atoms with Gasteiger partial charge in [-0.15, -0.1) is 0 Å². The first-order valence-electron chi connectivity index (χ1n) is 6.43. The molecular weight excluding hydrogens is 239 g/mol. The van der Waals surface area contributed by atoms with Crippen LogP contribution in [0.5, 0.6) is 0 Å². The van der Waals surface area contributed by atoms with Gasteiger partial charge in [0.15, 0.2) is 0 Å². The molecule has 0 unspecified atom stereocenters. The van der Waals surface area contributed by atoms with Crippen molar-refractivity contribution in [3.8, 4) is 6.07 Å². The molecule has 0 spiro atoms. The van der Waals surface area contributed by atoms with Crippen molar-refractivity contribution in [3.63, 3.8) is 0 Å². The number of hydrogen-bond donors (Lipinski definition) is 0. The Balaban J connectivity index is 2.29. The maximum Gasteiger partial charge on any atom is 0.123 e. The quantitative estimate of drug-likeness (QED) is 0.819. The SMILES string of the molecule is CC(C)Cc1ccc(C#N)n1Cc1ccc(F)cc1. The number of rotatable bonds is 4. The van der Waals surface area contributed by atoms with Gasteiger partial charge < -0.3 is 4.57 Å². The first kappa shape index (κ1) is 13.4. The minimum Gasteiger partial charge on any atom is -0.332 e. The Morgan fingerprint density at radius 2 is 1.84 bits per heavy atom. The molecule has 0 saturated carbocycles. The fourth-order valence-electron chi connectivity index (χ4n) is 2.16. The third kappa shape index (κ3) is 3.23. The van der Waals surface area contributed by atoms with Gasteiger partial charge in [0, 0.05) is 12.2 Å². The normalized spacial score (nSPS) is 10.7. The second-order valence-corrected chi connectivity index (χ2v) is 5.13. The van der Waals surface area contributed by atoms with Crippen LogP contribution in [0.2, 0.25) is 0 Å². The van der Waals surface area contributed by atoms with E-state index in [9.17, 15) is 4.39 Å². The minimum atomic E-state index is -0.237. The van der Waals surface area contributed by atoms with Crippen molar-refractivity contribution in [2.24, 2.45) is 5.92 Å². The largest absolute Gasteiger partial charge is 0.332 e. The number of halogens is 1. The molecule has 0 fully saturated rings. The summed E-state index contributed by atoms with van der Waals surface area (Å²) in [5, 5.41) is 9.16. The highest BCUT2D eigenvalue weighted by atomic mass is 19.1. The Morgan fingerprint density at radius 1 is 1.16 bits per heavy atom. The Morgan fingerprint density at radius 3 is 2.42 bits per heavy atom. The summed E-state index contributed by atoms with van der Waals surface area (Å²) in [7, 11) is 0. The zero-order valence-electron chi connectivity index (χ0n) is 11.2. The Bertz CT molecular complexity index is 588. The van der Waals surface area contributed by atoms with E-state index >= 15 is 0 Å². The second kappa shape index (κ2) is 5.71. The lowest BCUT2D eigenvalue weighted by atomic mass is 10.1. The van der Waals surface area contributed by atoms with Gasteiger partial charge in [0.1, 0.15) is 17.6 Å². The summed E-state index contributed by atoms with van der Waals surface area (Å²) in [5.74, 6) is 0.299. The smallest absolute Gasteiger partial charge is 0.123 e. The summed E-state index contributed by atoms with van der Waals surface area (Å²) < 4.78 is 14.9. The predicted molar refractivity (Wildman–Crippen MR) is 73.2 cm³/mol. The van der Waals surface area contributed by atoms with E-state index in [1.54, 1.807) is 12.1 Å². The van der Waals surface area contributed by atoms with Gasteiger partial charge in [-0.3, -0.25) is 0 Å². The minimum absolute atomic E-state index is 0.237. The standard InChI is InChI=1S/C16H17FN2/c1-12(2)9-15-7-8-16(10-18)19(15)11-13-3-5-14(17)6-4-13/h3-8,12H,9,11H2,1-2H3. The maximum atomic E-state index is 12.9. The van der Waals surface area contributed by atoms with Crippen molar-refractivity contribution in [2.75, 3.05) is 0 Å². The van der Waals surface area contributed by atoms with Crippen molar-refractivity contribution < 1.29 is 4.39 Å². The van der Waals surface area contributed by atoms with E-state index in [0.717, 1.165) is 17.7 Å². The molecule has 2 rings (SSSR count). The van der Waals surface area contributed by atoms with Gasteiger partial charge in [-0.2, -0.15) is 5.26 Å². The van der Waals surface area contributed by atoms with E-state index in [0.29, 0.717) is 18.2 Å². The van der Waals surface area contributed by atoms with Crippen LogP contribution in [-0.2, 0) is 13.0 Å². The topological polar surface area (TPSA) is 28.7 Å². The highest BCUT2D eigenvalue weighted by Gasteiger charge is 2.10. The highest BCUT2D eigenvalue weighted by molar-refractivity contribution is 5.29. The van der Waals surface area contributed by atoms with Crippen LogP contribution in [0.15, 0.2) is 36.4 Å². The molecule has 0 N–H and O–H groups in total. The van der Waals surface area contributed by atoms with E-state index in [-0.39, 0.29) is 5.82 Å². The first-order valence-corrected chi connectivity index (χ1v) is 6.43. The molecule has 98 valence electrons. The number of benzene rings is 1. The zero-order valence-corrected chi connectivity index (χ0v) is 11.2. The fourth-order valence-corrected chi connectivity index (χ4v) is 2.16. The summed E-state index contributed by atoms with van der Waals surface area (Å²) in [6.45, 7) is 4.92. The monoisotopic (exact) mass is 256 g/mol. The van der Waals surface area contributed by atoms with Crippen LogP contribution in [0.4, 0.5) is 4.39 Å². The Labute approximate surface area is 113 Å². The lowest BCUT2D eigenvalue weighted by Crippen LogP contribution is -2.08. The summed E-state index contributed by atoms with van der Waals surface area (Å²) in [6.07, 6.45) is 0.933. The van der Waals surface area contributed by atoms with Crippen molar-refractivity contribution in [3.05, 3.63) is 59.2 Å². The zero-order chi connectivity index (χ0) is 13.8. The van der Waals surface area contributed by atoms with Crippen molar-refractivity contribution in [2.45, 2.75) is 26.8 Å². The highest BCUT2D eigenvalue weighted by Crippen LogP contribution is 2.16. The van der Waals surface area contributed by atoms with E-state index < -0.39 is 0 Å². The molecular formula is C16H17FN2. The predicted octanol–water partition coefficient (Wildman–Crippen LogP) is 3.75. The van der Waals surface area contributed by atoms with E-state index in [1.165, 1.54) is 12.1 Å². The lowest BCUT2D eigenvalue weighted by molar-refractivity contribution is 0.601. The number of hydrogen-bond acceptors (Lipinski definition) is 1. The molecule has 2 aromatic rings. The van der Waals surface area contributed by atoms with E-state index in [4.69, 9.17) is 5.26 Å². The molecule has 0 aliphatic heterocycles.